The molecule has 2 heterocycles. The molecule has 0 spiro atoms. The SMILES string of the molecule is COc1ccc(OC)c2sc(N3CCN(C(=O)Cc4ccc(S(=O)(=O)C(C)C)cc4)CC3)nc12. The summed E-state index contributed by atoms with van der Waals surface area (Å²) in [6, 6.07) is 10.4. The van der Waals surface area contributed by atoms with Crippen molar-refractivity contribution in [3.05, 3.63) is 42.0 Å². The van der Waals surface area contributed by atoms with Gasteiger partial charge in [-0.25, -0.2) is 13.4 Å². The second-order valence-corrected chi connectivity index (χ2v) is 11.9. The molecular weight excluding hydrogens is 474 g/mol. The first-order valence-corrected chi connectivity index (χ1v) is 13.5. The maximum atomic E-state index is 12.9. The molecule has 1 aliphatic rings. The summed E-state index contributed by atoms with van der Waals surface area (Å²) in [5, 5.41) is 0.403. The van der Waals surface area contributed by atoms with Crippen molar-refractivity contribution in [1.82, 2.24) is 9.88 Å². The third kappa shape index (κ3) is 4.69. The van der Waals surface area contributed by atoms with Crippen LogP contribution in [-0.4, -0.2) is 69.9 Å². The smallest absolute Gasteiger partial charge is 0.227 e. The molecule has 8 nitrogen and oxygen atoms in total. The standard InChI is InChI=1S/C24H29N3O5S2/c1-16(2)34(29,30)18-7-5-17(6-8-18)15-21(28)26-11-13-27(14-12-26)24-25-22-19(31-3)9-10-20(32-4)23(22)33-24/h5-10,16H,11-15H2,1-4H3. The lowest BCUT2D eigenvalue weighted by atomic mass is 10.1. The maximum Gasteiger partial charge on any atom is 0.227 e. The topological polar surface area (TPSA) is 89.0 Å². The monoisotopic (exact) mass is 503 g/mol. The van der Waals surface area contributed by atoms with Crippen molar-refractivity contribution in [3.8, 4) is 11.5 Å². The molecule has 182 valence electrons. The Labute approximate surface area is 204 Å². The average Bonchev–Trinajstić information content (AvgIpc) is 3.29. The number of ether oxygens (including phenoxy) is 2. The summed E-state index contributed by atoms with van der Waals surface area (Å²) in [7, 11) is -0.0484. The van der Waals surface area contributed by atoms with Gasteiger partial charge in [0, 0.05) is 26.2 Å². The summed E-state index contributed by atoms with van der Waals surface area (Å²) < 4.78 is 36.5. The lowest BCUT2D eigenvalue weighted by molar-refractivity contribution is -0.130. The van der Waals surface area contributed by atoms with Crippen LogP contribution < -0.4 is 14.4 Å². The Bertz CT molecular complexity index is 1240. The van der Waals surface area contributed by atoms with E-state index < -0.39 is 15.1 Å². The molecule has 0 saturated carbocycles. The van der Waals surface area contributed by atoms with Gasteiger partial charge in [0.05, 0.1) is 30.8 Å². The van der Waals surface area contributed by atoms with Gasteiger partial charge in [0.1, 0.15) is 21.7 Å². The molecule has 3 aromatic rings. The van der Waals surface area contributed by atoms with E-state index in [2.05, 4.69) is 4.90 Å². The Morgan fingerprint density at radius 3 is 2.21 bits per heavy atom. The quantitative estimate of drug-likeness (QED) is 0.488. The van der Waals surface area contributed by atoms with Crippen LogP contribution >= 0.6 is 11.3 Å². The van der Waals surface area contributed by atoms with Crippen LogP contribution in [-0.2, 0) is 21.1 Å². The van der Waals surface area contributed by atoms with E-state index in [1.807, 2.05) is 17.0 Å². The van der Waals surface area contributed by atoms with Crippen LogP contribution in [0.15, 0.2) is 41.3 Å². The normalized spacial score (nSPS) is 14.6. The number of piperazine rings is 1. The lowest BCUT2D eigenvalue weighted by Crippen LogP contribution is -2.49. The number of methoxy groups -OCH3 is 2. The molecule has 0 atom stereocenters. The molecule has 2 aromatic carbocycles. The largest absolute Gasteiger partial charge is 0.495 e. The number of aromatic nitrogens is 1. The number of thiazole rings is 1. The van der Waals surface area contributed by atoms with Crippen LogP contribution in [0.5, 0.6) is 11.5 Å². The average molecular weight is 504 g/mol. The van der Waals surface area contributed by atoms with Crippen LogP contribution in [0.2, 0.25) is 0 Å². The Kier molecular flexibility index (Phi) is 6.99. The minimum atomic E-state index is -3.32. The second kappa shape index (κ2) is 9.79. The number of hydrogen-bond acceptors (Lipinski definition) is 8. The van der Waals surface area contributed by atoms with Gasteiger partial charge in [0.2, 0.25) is 5.91 Å². The number of fused-ring (bicyclic) bond motifs is 1. The van der Waals surface area contributed by atoms with E-state index in [-0.39, 0.29) is 17.2 Å². The molecule has 1 fully saturated rings. The molecular formula is C24H29N3O5S2. The van der Waals surface area contributed by atoms with Crippen LogP contribution in [0.3, 0.4) is 0 Å². The third-order valence-corrected chi connectivity index (χ3v) is 9.33. The fourth-order valence-electron chi connectivity index (χ4n) is 3.91. The fourth-order valence-corrected chi connectivity index (χ4v) is 6.10. The van der Waals surface area contributed by atoms with Crippen LogP contribution in [0.25, 0.3) is 10.2 Å². The zero-order valence-electron chi connectivity index (χ0n) is 19.8. The van der Waals surface area contributed by atoms with Gasteiger partial charge in [-0.3, -0.25) is 4.79 Å². The van der Waals surface area contributed by atoms with Gasteiger partial charge in [-0.15, -0.1) is 0 Å². The van der Waals surface area contributed by atoms with Crippen molar-refractivity contribution in [2.24, 2.45) is 0 Å². The van der Waals surface area contributed by atoms with E-state index in [4.69, 9.17) is 14.5 Å². The van der Waals surface area contributed by atoms with Crippen molar-refractivity contribution in [1.29, 1.82) is 0 Å². The maximum absolute atomic E-state index is 12.9. The van der Waals surface area contributed by atoms with Gasteiger partial charge in [0.15, 0.2) is 15.0 Å². The number of amides is 1. The molecule has 0 aliphatic carbocycles. The van der Waals surface area contributed by atoms with Gasteiger partial charge in [-0.1, -0.05) is 23.5 Å². The van der Waals surface area contributed by atoms with Crippen molar-refractivity contribution in [3.63, 3.8) is 0 Å². The first-order valence-electron chi connectivity index (χ1n) is 11.1. The number of sulfone groups is 1. The van der Waals surface area contributed by atoms with Gasteiger partial charge in [-0.05, 0) is 43.7 Å². The van der Waals surface area contributed by atoms with Crippen molar-refractivity contribution >= 4 is 42.4 Å². The first kappa shape index (κ1) is 24.3. The highest BCUT2D eigenvalue weighted by molar-refractivity contribution is 7.92. The highest BCUT2D eigenvalue weighted by Crippen LogP contribution is 2.40. The molecule has 0 N–H and O–H groups in total. The molecule has 1 aliphatic heterocycles. The molecule has 1 saturated heterocycles. The van der Waals surface area contributed by atoms with Crippen molar-refractivity contribution < 1.29 is 22.7 Å². The minimum Gasteiger partial charge on any atom is -0.495 e. The van der Waals surface area contributed by atoms with E-state index in [9.17, 15) is 13.2 Å². The molecule has 1 aromatic heterocycles. The number of rotatable bonds is 7. The Balaban J connectivity index is 1.40. The summed E-state index contributed by atoms with van der Waals surface area (Å²) >= 11 is 1.56. The number of carbonyl (C=O) groups is 1. The van der Waals surface area contributed by atoms with Gasteiger partial charge >= 0.3 is 0 Å². The van der Waals surface area contributed by atoms with Crippen molar-refractivity contribution in [2.75, 3.05) is 45.3 Å². The minimum absolute atomic E-state index is 0.0340. The van der Waals surface area contributed by atoms with E-state index in [1.165, 1.54) is 0 Å². The Hall–Kier alpha value is -2.85. The lowest BCUT2D eigenvalue weighted by Gasteiger charge is -2.34. The fraction of sp³-hybridized carbons (Fsp3) is 0.417. The Morgan fingerprint density at radius 1 is 1.00 bits per heavy atom. The second-order valence-electron chi connectivity index (χ2n) is 8.43. The predicted octanol–water partition coefficient (Wildman–Crippen LogP) is 3.39. The van der Waals surface area contributed by atoms with Crippen LogP contribution in [0, 0.1) is 0 Å². The summed E-state index contributed by atoms with van der Waals surface area (Å²) in [5.41, 5.74) is 1.59. The summed E-state index contributed by atoms with van der Waals surface area (Å²) in [6.45, 7) is 5.89. The molecule has 4 rings (SSSR count). The van der Waals surface area contributed by atoms with Crippen LogP contribution in [0.1, 0.15) is 19.4 Å². The summed E-state index contributed by atoms with van der Waals surface area (Å²) in [5.74, 6) is 1.51. The van der Waals surface area contributed by atoms with Gasteiger partial charge < -0.3 is 19.3 Å². The first-order chi connectivity index (χ1) is 16.2. The number of carbonyl (C=O) groups excluding carboxylic acids is 1. The molecule has 0 unspecified atom stereocenters. The van der Waals surface area contributed by atoms with Gasteiger partial charge in [-0.2, -0.15) is 0 Å². The number of benzene rings is 2. The molecule has 0 bridgehead atoms. The van der Waals surface area contributed by atoms with E-state index >= 15 is 0 Å². The van der Waals surface area contributed by atoms with E-state index in [0.717, 1.165) is 26.7 Å². The molecule has 1 amide bonds. The van der Waals surface area contributed by atoms with Crippen LogP contribution in [0.4, 0.5) is 5.13 Å². The van der Waals surface area contributed by atoms with Crippen molar-refractivity contribution in [2.45, 2.75) is 30.4 Å². The zero-order valence-corrected chi connectivity index (χ0v) is 21.4. The van der Waals surface area contributed by atoms with E-state index in [0.29, 0.717) is 31.9 Å². The molecule has 0 radical (unpaired) electrons. The Morgan fingerprint density at radius 2 is 1.62 bits per heavy atom. The molecule has 34 heavy (non-hydrogen) atoms. The highest BCUT2D eigenvalue weighted by atomic mass is 32.2. The third-order valence-electron chi connectivity index (χ3n) is 6.03. The number of anilines is 1. The number of nitrogens with zero attached hydrogens (tertiary/aromatic N) is 3. The highest BCUT2D eigenvalue weighted by Gasteiger charge is 2.25. The number of hydrogen-bond donors (Lipinski definition) is 0. The summed E-state index contributed by atoms with van der Waals surface area (Å²) in [6.07, 6.45) is 0.248. The van der Waals surface area contributed by atoms with E-state index in [1.54, 1.807) is 63.7 Å². The predicted molar refractivity (Wildman–Crippen MR) is 134 cm³/mol. The zero-order chi connectivity index (χ0) is 24.5. The molecule has 10 heteroatoms. The summed E-state index contributed by atoms with van der Waals surface area (Å²) in [4.78, 5) is 22.0. The van der Waals surface area contributed by atoms with Gasteiger partial charge in [0.25, 0.3) is 0 Å².